The quantitative estimate of drug-likeness (QED) is 0.940. The van der Waals surface area contributed by atoms with Gasteiger partial charge in [-0.3, -0.25) is 19.7 Å². The highest BCUT2D eigenvalue weighted by atomic mass is 16.4. The van der Waals surface area contributed by atoms with Gasteiger partial charge in [-0.2, -0.15) is 0 Å². The second-order valence-electron chi connectivity index (χ2n) is 6.07. The highest BCUT2D eigenvalue weighted by Crippen LogP contribution is 2.32. The number of aliphatic carboxylic acids is 1. The maximum absolute atomic E-state index is 11.4. The molecule has 3 heterocycles. The summed E-state index contributed by atoms with van der Waals surface area (Å²) in [7, 11) is 0. The number of hydrogen-bond donors (Lipinski definition) is 1. The Bertz CT molecular complexity index is 675. The number of aromatic nitrogens is 2. The van der Waals surface area contributed by atoms with Crippen molar-refractivity contribution in [2.24, 2.45) is 5.92 Å². The maximum atomic E-state index is 11.4. The molecule has 0 amide bonds. The van der Waals surface area contributed by atoms with E-state index in [4.69, 9.17) is 0 Å². The van der Waals surface area contributed by atoms with Crippen LogP contribution in [0.1, 0.15) is 35.7 Å². The molecule has 0 spiro atoms. The first-order valence-corrected chi connectivity index (χ1v) is 7.95. The van der Waals surface area contributed by atoms with Gasteiger partial charge in [0.2, 0.25) is 0 Å². The fraction of sp³-hybridized carbons (Fsp3) is 0.389. The molecule has 1 aliphatic heterocycles. The van der Waals surface area contributed by atoms with Gasteiger partial charge in [0.15, 0.2) is 0 Å². The van der Waals surface area contributed by atoms with Crippen LogP contribution in [0.4, 0.5) is 0 Å². The summed E-state index contributed by atoms with van der Waals surface area (Å²) >= 11 is 0. The van der Waals surface area contributed by atoms with Gasteiger partial charge in [0.1, 0.15) is 0 Å². The first-order chi connectivity index (χ1) is 11.2. The zero-order valence-corrected chi connectivity index (χ0v) is 13.2. The van der Waals surface area contributed by atoms with E-state index in [-0.39, 0.29) is 12.0 Å². The van der Waals surface area contributed by atoms with Crippen LogP contribution in [0, 0.1) is 12.8 Å². The van der Waals surface area contributed by atoms with Crippen molar-refractivity contribution in [1.29, 1.82) is 0 Å². The predicted molar refractivity (Wildman–Crippen MR) is 87.0 cm³/mol. The Hall–Kier alpha value is -2.27. The number of rotatable bonds is 4. The molecule has 0 saturated carbocycles. The zero-order valence-electron chi connectivity index (χ0n) is 13.2. The third kappa shape index (κ3) is 3.40. The van der Waals surface area contributed by atoms with Crippen LogP contribution < -0.4 is 0 Å². The van der Waals surface area contributed by atoms with Gasteiger partial charge in [0.25, 0.3) is 0 Å². The monoisotopic (exact) mass is 311 g/mol. The Morgan fingerprint density at radius 3 is 2.87 bits per heavy atom. The summed E-state index contributed by atoms with van der Waals surface area (Å²) in [5, 5.41) is 9.38. The Morgan fingerprint density at radius 1 is 1.35 bits per heavy atom. The van der Waals surface area contributed by atoms with Crippen LogP contribution in [0.2, 0.25) is 0 Å². The Labute approximate surface area is 136 Å². The molecule has 1 aliphatic rings. The highest BCUT2D eigenvalue weighted by molar-refractivity contribution is 5.70. The number of aryl methyl sites for hydroxylation is 1. The van der Waals surface area contributed by atoms with E-state index in [1.54, 1.807) is 12.4 Å². The van der Waals surface area contributed by atoms with Gasteiger partial charge in [0.05, 0.1) is 17.7 Å². The van der Waals surface area contributed by atoms with Crippen LogP contribution in [0.15, 0.2) is 42.9 Å². The summed E-state index contributed by atoms with van der Waals surface area (Å²) in [4.78, 5) is 22.5. The van der Waals surface area contributed by atoms with Crippen LogP contribution in [0.3, 0.4) is 0 Å². The highest BCUT2D eigenvalue weighted by Gasteiger charge is 2.32. The maximum Gasteiger partial charge on any atom is 0.307 e. The molecule has 2 aromatic rings. The van der Waals surface area contributed by atoms with E-state index < -0.39 is 5.97 Å². The minimum Gasteiger partial charge on any atom is -0.481 e. The van der Waals surface area contributed by atoms with Gasteiger partial charge >= 0.3 is 5.97 Å². The molecule has 5 nitrogen and oxygen atoms in total. The molecule has 120 valence electrons. The first-order valence-electron chi connectivity index (χ1n) is 7.95. The second kappa shape index (κ2) is 6.87. The molecular weight excluding hydrogens is 290 g/mol. The van der Waals surface area contributed by atoms with Gasteiger partial charge < -0.3 is 5.11 Å². The Kier molecular flexibility index (Phi) is 4.67. The summed E-state index contributed by atoms with van der Waals surface area (Å²) in [6.45, 7) is 3.47. The number of likely N-dealkylation sites (tertiary alicyclic amines) is 1. The lowest BCUT2D eigenvalue weighted by Crippen LogP contribution is -2.41. The molecule has 0 bridgehead atoms. The normalized spacial score (nSPS) is 20.1. The lowest BCUT2D eigenvalue weighted by molar-refractivity contribution is -0.143. The molecule has 0 aromatic carbocycles. The number of hydrogen-bond acceptors (Lipinski definition) is 4. The largest absolute Gasteiger partial charge is 0.481 e. The van der Waals surface area contributed by atoms with E-state index in [9.17, 15) is 9.90 Å². The van der Waals surface area contributed by atoms with Crippen molar-refractivity contribution in [2.75, 3.05) is 13.1 Å². The van der Waals surface area contributed by atoms with Crippen LogP contribution in [-0.2, 0) is 4.79 Å². The summed E-state index contributed by atoms with van der Waals surface area (Å²) in [5.74, 6) is -1.02. The molecule has 0 radical (unpaired) electrons. The smallest absolute Gasteiger partial charge is 0.307 e. The van der Waals surface area contributed by atoms with Gasteiger partial charge in [-0.15, -0.1) is 0 Å². The second-order valence-corrected chi connectivity index (χ2v) is 6.07. The number of pyridine rings is 2. The van der Waals surface area contributed by atoms with E-state index in [0.717, 1.165) is 36.2 Å². The van der Waals surface area contributed by atoms with E-state index in [1.165, 1.54) is 0 Å². The standard InChI is InChI=1S/C18H21N3O2/c1-13-5-2-9-20-16(13)17(14-6-3-8-19-11-14)21-10-4-7-15(12-21)18(22)23/h2-3,5-6,8-9,11,15,17H,4,7,10,12H2,1H3,(H,22,23). The molecule has 2 unspecified atom stereocenters. The molecule has 3 rings (SSSR count). The van der Waals surface area contributed by atoms with Crippen molar-refractivity contribution >= 4 is 5.97 Å². The van der Waals surface area contributed by atoms with E-state index in [1.807, 2.05) is 37.4 Å². The van der Waals surface area contributed by atoms with Gasteiger partial charge in [-0.05, 0) is 49.6 Å². The summed E-state index contributed by atoms with van der Waals surface area (Å²) in [5.41, 5.74) is 3.14. The SMILES string of the molecule is Cc1cccnc1C(c1cccnc1)N1CCCC(C(=O)O)C1. The molecule has 0 aliphatic carbocycles. The van der Waals surface area contributed by atoms with Crippen LogP contribution >= 0.6 is 0 Å². The number of piperidine rings is 1. The van der Waals surface area contributed by atoms with Crippen LogP contribution in [-0.4, -0.2) is 39.0 Å². The fourth-order valence-corrected chi connectivity index (χ4v) is 3.31. The Balaban J connectivity index is 1.99. The van der Waals surface area contributed by atoms with Crippen LogP contribution in [0.5, 0.6) is 0 Å². The lowest BCUT2D eigenvalue weighted by Gasteiger charge is -2.37. The van der Waals surface area contributed by atoms with Crippen molar-refractivity contribution in [1.82, 2.24) is 14.9 Å². The number of carboxylic acids is 1. The molecule has 2 atom stereocenters. The van der Waals surface area contributed by atoms with Gasteiger partial charge in [-0.25, -0.2) is 0 Å². The fourth-order valence-electron chi connectivity index (χ4n) is 3.31. The molecule has 23 heavy (non-hydrogen) atoms. The Morgan fingerprint density at radius 2 is 2.17 bits per heavy atom. The lowest BCUT2D eigenvalue weighted by atomic mass is 9.93. The minimum atomic E-state index is -0.711. The molecule has 1 fully saturated rings. The predicted octanol–water partition coefficient (Wildman–Crippen LogP) is 2.67. The van der Waals surface area contributed by atoms with Crippen molar-refractivity contribution in [2.45, 2.75) is 25.8 Å². The average Bonchev–Trinajstić information content (AvgIpc) is 2.58. The molecule has 1 saturated heterocycles. The zero-order chi connectivity index (χ0) is 16.2. The van der Waals surface area contributed by atoms with Crippen LogP contribution in [0.25, 0.3) is 0 Å². The van der Waals surface area contributed by atoms with Crippen molar-refractivity contribution in [3.05, 3.63) is 59.7 Å². The number of carboxylic acid groups (broad SMARTS) is 1. The third-order valence-electron chi connectivity index (χ3n) is 4.48. The number of nitrogens with zero attached hydrogens (tertiary/aromatic N) is 3. The molecule has 1 N–H and O–H groups in total. The molecule has 2 aromatic heterocycles. The van der Waals surface area contributed by atoms with Crippen molar-refractivity contribution in [3.63, 3.8) is 0 Å². The van der Waals surface area contributed by atoms with Gasteiger partial charge in [0, 0.05) is 25.1 Å². The summed E-state index contributed by atoms with van der Waals surface area (Å²) in [6, 6.07) is 7.88. The average molecular weight is 311 g/mol. The summed E-state index contributed by atoms with van der Waals surface area (Å²) < 4.78 is 0. The molecule has 5 heteroatoms. The van der Waals surface area contributed by atoms with E-state index in [0.29, 0.717) is 6.54 Å². The van der Waals surface area contributed by atoms with Crippen molar-refractivity contribution in [3.8, 4) is 0 Å². The van der Waals surface area contributed by atoms with Crippen molar-refractivity contribution < 1.29 is 9.90 Å². The minimum absolute atomic E-state index is 0.0490. The third-order valence-corrected chi connectivity index (χ3v) is 4.48. The topological polar surface area (TPSA) is 66.3 Å². The molecular formula is C18H21N3O2. The van der Waals surface area contributed by atoms with Gasteiger partial charge in [-0.1, -0.05) is 12.1 Å². The van der Waals surface area contributed by atoms with E-state index in [2.05, 4.69) is 14.9 Å². The number of carbonyl (C=O) groups is 1. The summed E-state index contributed by atoms with van der Waals surface area (Å²) in [6.07, 6.45) is 7.03. The first kappa shape index (κ1) is 15.6. The van der Waals surface area contributed by atoms with E-state index >= 15 is 0 Å².